The molecule has 0 atom stereocenters. The summed E-state index contributed by atoms with van der Waals surface area (Å²) in [7, 11) is 0. The van der Waals surface area contributed by atoms with Gasteiger partial charge in [0.25, 0.3) is 0 Å². The molecule has 0 aliphatic carbocycles. The highest BCUT2D eigenvalue weighted by molar-refractivity contribution is 5.83. The maximum Gasteiger partial charge on any atom is 0.213 e. The van der Waals surface area contributed by atoms with Crippen molar-refractivity contribution in [2.75, 3.05) is 6.61 Å². The predicted octanol–water partition coefficient (Wildman–Crippen LogP) is 4.75. The maximum atomic E-state index is 5.79. The van der Waals surface area contributed by atoms with Gasteiger partial charge in [0.05, 0.1) is 6.61 Å². The Labute approximate surface area is 152 Å². The van der Waals surface area contributed by atoms with Crippen LogP contribution in [0, 0.1) is 0 Å². The number of nitrogens with one attached hydrogen (secondary N) is 1. The second kappa shape index (κ2) is 7.66. The summed E-state index contributed by atoms with van der Waals surface area (Å²) in [5.74, 6) is 0.644. The molecule has 4 heteroatoms. The number of pyridine rings is 2. The second-order valence-electron chi connectivity index (χ2n) is 6.00. The number of fused-ring (bicyclic) bond motifs is 1. The number of H-pyrrole nitrogens is 1. The summed E-state index contributed by atoms with van der Waals surface area (Å²) < 4.78 is 5.79. The van der Waals surface area contributed by atoms with E-state index in [1.54, 1.807) is 12.4 Å². The third-order valence-corrected chi connectivity index (χ3v) is 4.23. The first-order valence-electron chi connectivity index (χ1n) is 8.60. The van der Waals surface area contributed by atoms with E-state index in [1.807, 2.05) is 48.7 Å². The molecule has 0 saturated heterocycles. The Kier molecular flexibility index (Phi) is 4.74. The van der Waals surface area contributed by atoms with Crippen molar-refractivity contribution in [1.29, 1.82) is 0 Å². The van der Waals surface area contributed by atoms with Crippen LogP contribution >= 0.6 is 0 Å². The van der Waals surface area contributed by atoms with Crippen molar-refractivity contribution in [2.45, 2.75) is 6.42 Å². The molecule has 4 rings (SSSR count). The van der Waals surface area contributed by atoms with Crippen LogP contribution in [0.1, 0.15) is 16.7 Å². The van der Waals surface area contributed by atoms with Crippen LogP contribution < -0.4 is 4.74 Å². The van der Waals surface area contributed by atoms with E-state index in [4.69, 9.17) is 4.74 Å². The Morgan fingerprint density at radius 1 is 0.923 bits per heavy atom. The van der Waals surface area contributed by atoms with Crippen molar-refractivity contribution < 1.29 is 4.74 Å². The zero-order valence-corrected chi connectivity index (χ0v) is 14.3. The molecule has 4 aromatic rings. The lowest BCUT2D eigenvalue weighted by Crippen LogP contribution is -2.02. The monoisotopic (exact) mass is 341 g/mol. The normalized spacial score (nSPS) is 11.2. The number of aromatic amines is 1. The molecule has 1 N–H and O–H groups in total. The number of aromatic nitrogens is 3. The molecule has 0 unspecified atom stereocenters. The van der Waals surface area contributed by atoms with Gasteiger partial charge in [-0.3, -0.25) is 4.98 Å². The van der Waals surface area contributed by atoms with Gasteiger partial charge in [0.2, 0.25) is 5.88 Å². The van der Waals surface area contributed by atoms with Crippen molar-refractivity contribution in [1.82, 2.24) is 15.0 Å². The van der Waals surface area contributed by atoms with Crippen molar-refractivity contribution >= 4 is 23.1 Å². The summed E-state index contributed by atoms with van der Waals surface area (Å²) in [6.07, 6.45) is 12.3. The highest BCUT2D eigenvalue weighted by atomic mass is 16.5. The molecule has 0 saturated carbocycles. The summed E-state index contributed by atoms with van der Waals surface area (Å²) in [4.78, 5) is 11.7. The van der Waals surface area contributed by atoms with E-state index in [1.165, 1.54) is 10.9 Å². The fourth-order valence-corrected chi connectivity index (χ4v) is 2.85. The van der Waals surface area contributed by atoms with Crippen molar-refractivity contribution in [3.63, 3.8) is 0 Å². The SMILES string of the molecule is C(=Cc1ccc(OCCc2c[nH]c3ccccc23)nc1)c1ccncc1. The van der Waals surface area contributed by atoms with Gasteiger partial charge >= 0.3 is 0 Å². The second-order valence-corrected chi connectivity index (χ2v) is 6.00. The fraction of sp³-hybridized carbons (Fsp3) is 0.0909. The molecular weight excluding hydrogens is 322 g/mol. The Morgan fingerprint density at radius 2 is 1.77 bits per heavy atom. The highest BCUT2D eigenvalue weighted by Crippen LogP contribution is 2.18. The molecule has 0 radical (unpaired) electrons. The van der Waals surface area contributed by atoms with Crippen LogP contribution in [-0.4, -0.2) is 21.6 Å². The number of nitrogens with zero attached hydrogens (tertiary/aromatic N) is 2. The van der Waals surface area contributed by atoms with E-state index in [9.17, 15) is 0 Å². The topological polar surface area (TPSA) is 50.8 Å². The van der Waals surface area contributed by atoms with Crippen molar-refractivity contribution in [3.05, 3.63) is 90.0 Å². The average Bonchev–Trinajstić information content (AvgIpc) is 3.11. The lowest BCUT2D eigenvalue weighted by Gasteiger charge is -2.05. The molecule has 0 aliphatic rings. The first-order chi connectivity index (χ1) is 12.9. The van der Waals surface area contributed by atoms with Gasteiger partial charge in [-0.05, 0) is 41.0 Å². The number of rotatable bonds is 6. The number of ether oxygens (including phenoxy) is 1. The number of benzene rings is 1. The average molecular weight is 341 g/mol. The van der Waals surface area contributed by atoms with Gasteiger partial charge in [0.1, 0.15) is 0 Å². The molecule has 0 bridgehead atoms. The van der Waals surface area contributed by atoms with E-state index < -0.39 is 0 Å². The van der Waals surface area contributed by atoms with Gasteiger partial charge in [0, 0.05) is 48.2 Å². The van der Waals surface area contributed by atoms with Crippen LogP contribution in [0.25, 0.3) is 23.1 Å². The lowest BCUT2D eigenvalue weighted by atomic mass is 10.1. The van der Waals surface area contributed by atoms with E-state index in [0.29, 0.717) is 12.5 Å². The van der Waals surface area contributed by atoms with Crippen LogP contribution in [-0.2, 0) is 6.42 Å². The first-order valence-corrected chi connectivity index (χ1v) is 8.60. The van der Waals surface area contributed by atoms with Gasteiger partial charge in [-0.15, -0.1) is 0 Å². The van der Waals surface area contributed by atoms with Gasteiger partial charge in [0.15, 0.2) is 0 Å². The maximum absolute atomic E-state index is 5.79. The van der Waals surface area contributed by atoms with Gasteiger partial charge in [-0.2, -0.15) is 0 Å². The lowest BCUT2D eigenvalue weighted by molar-refractivity contribution is 0.310. The van der Waals surface area contributed by atoms with Crippen molar-refractivity contribution in [2.24, 2.45) is 0 Å². The van der Waals surface area contributed by atoms with Crippen LogP contribution in [0.2, 0.25) is 0 Å². The standard InChI is InChI=1S/C22H19N3O/c1-2-4-21-20(3-1)19(16-24-21)11-14-26-22-8-7-18(15-25-22)6-5-17-9-12-23-13-10-17/h1-10,12-13,15-16,24H,11,14H2. The predicted molar refractivity (Wildman–Crippen MR) is 105 cm³/mol. The third kappa shape index (κ3) is 3.81. The van der Waals surface area contributed by atoms with Gasteiger partial charge < -0.3 is 9.72 Å². The van der Waals surface area contributed by atoms with E-state index in [0.717, 1.165) is 23.1 Å². The quantitative estimate of drug-likeness (QED) is 0.550. The number of hydrogen-bond donors (Lipinski definition) is 1. The van der Waals surface area contributed by atoms with Crippen LogP contribution in [0.4, 0.5) is 0 Å². The van der Waals surface area contributed by atoms with E-state index in [-0.39, 0.29) is 0 Å². The van der Waals surface area contributed by atoms with Gasteiger partial charge in [-0.1, -0.05) is 30.4 Å². The molecule has 3 heterocycles. The minimum absolute atomic E-state index is 0.598. The van der Waals surface area contributed by atoms with Crippen LogP contribution in [0.5, 0.6) is 5.88 Å². The molecule has 4 nitrogen and oxygen atoms in total. The molecule has 0 fully saturated rings. The molecule has 0 aliphatic heterocycles. The summed E-state index contributed by atoms with van der Waals surface area (Å²) >= 11 is 0. The minimum atomic E-state index is 0.598. The molecule has 0 spiro atoms. The largest absolute Gasteiger partial charge is 0.477 e. The molecule has 3 aromatic heterocycles. The Morgan fingerprint density at radius 3 is 2.62 bits per heavy atom. The summed E-state index contributed by atoms with van der Waals surface area (Å²) in [5, 5.41) is 1.25. The van der Waals surface area contributed by atoms with Crippen LogP contribution in [0.15, 0.2) is 73.3 Å². The third-order valence-electron chi connectivity index (χ3n) is 4.23. The minimum Gasteiger partial charge on any atom is -0.477 e. The molecule has 0 amide bonds. The smallest absolute Gasteiger partial charge is 0.213 e. The van der Waals surface area contributed by atoms with Crippen molar-refractivity contribution in [3.8, 4) is 5.88 Å². The molecule has 1 aromatic carbocycles. The number of hydrogen-bond acceptors (Lipinski definition) is 3. The van der Waals surface area contributed by atoms with Gasteiger partial charge in [-0.25, -0.2) is 4.98 Å². The molecule has 26 heavy (non-hydrogen) atoms. The summed E-state index contributed by atoms with van der Waals surface area (Å²) in [6.45, 7) is 0.598. The Bertz CT molecular complexity index is 1000. The first kappa shape index (κ1) is 16.1. The van der Waals surface area contributed by atoms with E-state index >= 15 is 0 Å². The van der Waals surface area contributed by atoms with Crippen LogP contribution in [0.3, 0.4) is 0 Å². The summed E-state index contributed by atoms with van der Waals surface area (Å²) in [6, 6.07) is 16.1. The Hall–Kier alpha value is -3.40. The summed E-state index contributed by atoms with van der Waals surface area (Å²) in [5.41, 5.74) is 4.56. The van der Waals surface area contributed by atoms with E-state index in [2.05, 4.69) is 39.3 Å². The Balaban J connectivity index is 1.33. The molecular formula is C22H19N3O. The molecule has 128 valence electrons. The fourth-order valence-electron chi connectivity index (χ4n) is 2.85. The zero-order valence-electron chi connectivity index (χ0n) is 14.3. The highest BCUT2D eigenvalue weighted by Gasteiger charge is 2.03. The number of para-hydroxylation sites is 1. The zero-order chi connectivity index (χ0) is 17.6.